The molecule has 1 aromatic carbocycles. The van der Waals surface area contributed by atoms with Crippen molar-refractivity contribution in [3.05, 3.63) is 35.4 Å². The van der Waals surface area contributed by atoms with Crippen LogP contribution >= 0.6 is 11.8 Å². The Labute approximate surface area is 227 Å². The van der Waals surface area contributed by atoms with E-state index in [1.807, 2.05) is 18.4 Å². The first-order chi connectivity index (χ1) is 17.6. The summed E-state index contributed by atoms with van der Waals surface area (Å²) in [5, 5.41) is 5.76. The van der Waals surface area contributed by atoms with Gasteiger partial charge in [-0.15, -0.1) is 6.42 Å². The highest BCUT2D eigenvalue weighted by molar-refractivity contribution is 7.98. The number of nitrogens with zero attached hydrogens (tertiary/aromatic N) is 1. The molecule has 0 saturated heterocycles. The molecule has 2 atom stereocenters. The van der Waals surface area contributed by atoms with E-state index in [0.29, 0.717) is 36.4 Å². The van der Waals surface area contributed by atoms with Crippen LogP contribution in [0, 0.1) is 12.3 Å². The number of alkyl carbamates (subject to hydrolysis) is 1. The number of ether oxygens (including phenoxy) is 1. The number of nitrogens with one attached hydrogen (secondary N) is 2. The number of benzene rings is 1. The van der Waals surface area contributed by atoms with Crippen LogP contribution in [-0.4, -0.2) is 59.5 Å². The van der Waals surface area contributed by atoms with E-state index in [9.17, 15) is 14.4 Å². The summed E-state index contributed by atoms with van der Waals surface area (Å²) in [5.74, 6) is 2.73. The highest BCUT2D eigenvalue weighted by atomic mass is 32.2. The lowest BCUT2D eigenvalue weighted by atomic mass is 9.97. The van der Waals surface area contributed by atoms with Crippen molar-refractivity contribution in [2.75, 3.05) is 25.1 Å². The third-order valence-electron chi connectivity index (χ3n) is 5.69. The second-order valence-electron chi connectivity index (χ2n) is 10.00. The van der Waals surface area contributed by atoms with E-state index in [2.05, 4.69) is 30.4 Å². The third kappa shape index (κ3) is 11.5. The number of carbonyl (C=O) groups is 3. The minimum atomic E-state index is -0.911. The van der Waals surface area contributed by atoms with E-state index in [4.69, 9.17) is 11.2 Å². The molecule has 3 amide bonds. The van der Waals surface area contributed by atoms with Gasteiger partial charge in [-0.2, -0.15) is 11.8 Å². The molecule has 2 N–H and O–H groups in total. The van der Waals surface area contributed by atoms with Crippen molar-refractivity contribution >= 4 is 29.7 Å². The van der Waals surface area contributed by atoms with Crippen molar-refractivity contribution in [3.63, 3.8) is 0 Å². The fourth-order valence-corrected chi connectivity index (χ4v) is 4.32. The van der Waals surface area contributed by atoms with Crippen molar-refractivity contribution in [3.8, 4) is 12.3 Å². The molecule has 0 aliphatic heterocycles. The van der Waals surface area contributed by atoms with E-state index < -0.39 is 23.8 Å². The number of hydrogen-bond donors (Lipinski definition) is 2. The summed E-state index contributed by atoms with van der Waals surface area (Å²) in [5.41, 5.74) is 0.461. The summed E-state index contributed by atoms with van der Waals surface area (Å²) < 4.78 is 5.44. The monoisotopic (exact) mass is 531 g/mol. The zero-order valence-electron chi connectivity index (χ0n) is 23.4. The third-order valence-corrected chi connectivity index (χ3v) is 6.33. The number of amides is 3. The molecular weight excluding hydrogens is 486 g/mol. The van der Waals surface area contributed by atoms with Crippen LogP contribution in [0.25, 0.3) is 0 Å². The first kappa shape index (κ1) is 32.4. The predicted octanol–water partition coefficient (Wildman–Crippen LogP) is 5.29. The molecule has 0 bridgehead atoms. The highest BCUT2D eigenvalue weighted by Gasteiger charge is 2.36. The molecule has 7 nitrogen and oxygen atoms in total. The average molecular weight is 532 g/mol. The molecular formula is C29H45N3O4S. The van der Waals surface area contributed by atoms with E-state index in [-0.39, 0.29) is 11.8 Å². The number of terminal acetylenes is 1. The van der Waals surface area contributed by atoms with Crippen LogP contribution < -0.4 is 10.6 Å². The Balaban J connectivity index is 3.50. The first-order valence-corrected chi connectivity index (χ1v) is 14.6. The molecule has 0 saturated carbocycles. The summed E-state index contributed by atoms with van der Waals surface area (Å²) in [6, 6.07) is 5.47. The molecule has 0 heterocycles. The normalized spacial score (nSPS) is 12.7. The number of rotatable bonds is 15. The Hall–Kier alpha value is -2.66. The zero-order valence-corrected chi connectivity index (χ0v) is 24.2. The maximum Gasteiger partial charge on any atom is 0.408 e. The van der Waals surface area contributed by atoms with E-state index in [0.717, 1.165) is 32.1 Å². The van der Waals surface area contributed by atoms with Gasteiger partial charge < -0.3 is 20.3 Å². The van der Waals surface area contributed by atoms with Gasteiger partial charge in [0, 0.05) is 18.7 Å². The van der Waals surface area contributed by atoms with Gasteiger partial charge in [-0.3, -0.25) is 9.59 Å². The van der Waals surface area contributed by atoms with Crippen molar-refractivity contribution in [2.24, 2.45) is 0 Å². The van der Waals surface area contributed by atoms with E-state index >= 15 is 0 Å². The molecule has 0 spiro atoms. The van der Waals surface area contributed by atoms with Gasteiger partial charge >= 0.3 is 6.09 Å². The largest absolute Gasteiger partial charge is 0.444 e. The fourth-order valence-electron chi connectivity index (χ4n) is 3.84. The van der Waals surface area contributed by atoms with Gasteiger partial charge in [-0.25, -0.2) is 4.79 Å². The van der Waals surface area contributed by atoms with Gasteiger partial charge in [0.05, 0.1) is 0 Å². The quantitative estimate of drug-likeness (QED) is 0.237. The van der Waals surface area contributed by atoms with Crippen LogP contribution in [0.1, 0.15) is 90.3 Å². The minimum absolute atomic E-state index is 0.276. The maximum absolute atomic E-state index is 14.1. The summed E-state index contributed by atoms with van der Waals surface area (Å²) >= 11 is 1.58. The summed E-state index contributed by atoms with van der Waals surface area (Å²) in [4.78, 5) is 42.0. The van der Waals surface area contributed by atoms with Crippen LogP contribution in [-0.2, 0) is 14.3 Å². The molecule has 0 fully saturated rings. The lowest BCUT2D eigenvalue weighted by Crippen LogP contribution is -2.53. The average Bonchev–Trinajstić information content (AvgIpc) is 2.84. The Morgan fingerprint density at radius 2 is 1.78 bits per heavy atom. The van der Waals surface area contributed by atoms with E-state index in [1.54, 1.807) is 49.6 Å². The second-order valence-corrected chi connectivity index (χ2v) is 11.0. The molecule has 1 aromatic rings. The summed E-state index contributed by atoms with van der Waals surface area (Å²) in [7, 11) is 0. The fraction of sp³-hybridized carbons (Fsp3) is 0.621. The molecule has 206 valence electrons. The summed E-state index contributed by atoms with van der Waals surface area (Å²) in [6.45, 7) is 10.3. The van der Waals surface area contributed by atoms with Crippen LogP contribution in [0.3, 0.4) is 0 Å². The Morgan fingerprint density at radius 3 is 2.38 bits per heavy atom. The molecule has 2 unspecified atom stereocenters. The highest BCUT2D eigenvalue weighted by Crippen LogP contribution is 2.27. The number of carbonyl (C=O) groups excluding carboxylic acids is 3. The van der Waals surface area contributed by atoms with Crippen LogP contribution in [0.5, 0.6) is 0 Å². The first-order valence-electron chi connectivity index (χ1n) is 13.2. The van der Waals surface area contributed by atoms with Crippen molar-refractivity contribution in [1.82, 2.24) is 15.5 Å². The van der Waals surface area contributed by atoms with Gasteiger partial charge in [0.25, 0.3) is 0 Å². The number of unbranched alkanes of at least 4 members (excludes halogenated alkanes) is 3. The zero-order chi connectivity index (χ0) is 27.8. The lowest BCUT2D eigenvalue weighted by molar-refractivity contribution is -0.142. The minimum Gasteiger partial charge on any atom is -0.444 e. The Kier molecular flexibility index (Phi) is 14.8. The Bertz CT molecular complexity index is 907. The molecule has 0 radical (unpaired) electrons. The van der Waals surface area contributed by atoms with E-state index in [1.165, 1.54) is 0 Å². The number of thioether (sulfide) groups is 1. The van der Waals surface area contributed by atoms with Crippen molar-refractivity contribution < 1.29 is 19.1 Å². The Morgan fingerprint density at radius 1 is 1.11 bits per heavy atom. The molecule has 0 aromatic heterocycles. The lowest BCUT2D eigenvalue weighted by Gasteiger charge is -2.35. The van der Waals surface area contributed by atoms with Gasteiger partial charge in [-0.05, 0) is 63.7 Å². The van der Waals surface area contributed by atoms with Crippen molar-refractivity contribution in [2.45, 2.75) is 90.8 Å². The van der Waals surface area contributed by atoms with Gasteiger partial charge in [0.1, 0.15) is 17.7 Å². The molecule has 8 heteroatoms. The maximum atomic E-state index is 14.1. The van der Waals surface area contributed by atoms with Crippen LogP contribution in [0.4, 0.5) is 4.79 Å². The SMILES string of the molecule is C#Cc1ccccc1C(C(=O)NCCCC)N(CCCCC)C(=O)C(CCSC)NC(=O)OC(C)(C)C. The van der Waals surface area contributed by atoms with Gasteiger partial charge in [-0.1, -0.05) is 57.2 Å². The smallest absolute Gasteiger partial charge is 0.408 e. The molecule has 1 rings (SSSR count). The van der Waals surface area contributed by atoms with Gasteiger partial charge in [0.15, 0.2) is 0 Å². The standard InChI is InChI=1S/C29H45N3O4S/c1-8-11-15-20-32(27(34)24(18-21-37-7)31-28(35)36-29(4,5)6)25(26(33)30-19-12-9-2)23-17-14-13-16-22(23)10-3/h3,13-14,16-17,24-25H,8-9,11-12,15,18-21H2,1-2,4-7H3,(H,30,33)(H,31,35). The molecule has 0 aliphatic rings. The van der Waals surface area contributed by atoms with Crippen LogP contribution in [0.15, 0.2) is 24.3 Å². The van der Waals surface area contributed by atoms with Crippen molar-refractivity contribution in [1.29, 1.82) is 0 Å². The number of hydrogen-bond acceptors (Lipinski definition) is 5. The van der Waals surface area contributed by atoms with Gasteiger partial charge in [0.2, 0.25) is 11.8 Å². The molecule has 37 heavy (non-hydrogen) atoms. The summed E-state index contributed by atoms with van der Waals surface area (Å²) in [6.07, 6.45) is 11.8. The second kappa shape index (κ2) is 17.0. The molecule has 0 aliphatic carbocycles. The predicted molar refractivity (Wildman–Crippen MR) is 152 cm³/mol. The van der Waals surface area contributed by atoms with Crippen LogP contribution in [0.2, 0.25) is 0 Å². The topological polar surface area (TPSA) is 87.7 Å².